The monoisotopic (exact) mass is 483 g/mol. The molecule has 14 heteroatoms. The van der Waals surface area contributed by atoms with Crippen LogP contribution >= 0.6 is 0 Å². The molecule has 3 aromatic rings. The number of benzene rings is 3. The topological polar surface area (TPSA) is 169 Å². The third-order valence-electron chi connectivity index (χ3n) is 3.95. The molecule has 0 aliphatic carbocycles. The van der Waals surface area contributed by atoms with E-state index in [-0.39, 0.29) is 75.6 Å². The second-order valence-corrected chi connectivity index (χ2v) is 8.71. The van der Waals surface area contributed by atoms with E-state index in [9.17, 15) is 25.9 Å². The predicted molar refractivity (Wildman–Crippen MR) is 117 cm³/mol. The van der Waals surface area contributed by atoms with Gasteiger partial charge in [0.1, 0.15) is 10.6 Å². The van der Waals surface area contributed by atoms with Crippen molar-refractivity contribution < 1.29 is 30.7 Å². The van der Waals surface area contributed by atoms with Gasteiger partial charge in [-0.05, 0) is 41.8 Å². The van der Waals surface area contributed by atoms with Crippen LogP contribution in [0.2, 0.25) is 0 Å². The van der Waals surface area contributed by atoms with Gasteiger partial charge in [0.15, 0.2) is 0 Å². The maximum atomic E-state index is 11.7. The fourth-order valence-corrected chi connectivity index (χ4v) is 3.94. The van der Waals surface area contributed by atoms with Crippen molar-refractivity contribution in [3.63, 3.8) is 0 Å². The fraction of sp³-hybridized carbons (Fsp3) is 0.0588. The van der Waals surface area contributed by atoms with Crippen LogP contribution < -0.4 is 10.5 Å². The molecular weight excluding hydrogens is 468 g/mol. The van der Waals surface area contributed by atoms with Gasteiger partial charge >= 0.3 is 0 Å². The first-order valence-corrected chi connectivity index (χ1v) is 10.7. The molecule has 2 radical (unpaired) electrons. The molecule has 154 valence electrons. The van der Waals surface area contributed by atoms with E-state index in [0.29, 0.717) is 23.2 Å². The second-order valence-electron chi connectivity index (χ2n) is 5.90. The van der Waals surface area contributed by atoms with Crippen molar-refractivity contribution in [2.24, 2.45) is 10.2 Å². The van der Waals surface area contributed by atoms with Crippen molar-refractivity contribution in [2.45, 2.75) is 9.79 Å². The average molecular weight is 483 g/mol. The maximum absolute atomic E-state index is 11.7. The SMILES string of the molecule is COc1cc(N=Nc2ccc3cc(S(=O)(=O)O)cc(S(=O)(=O)O)c3c2)ccc1N.[Na].[Na]. The summed E-state index contributed by atoms with van der Waals surface area (Å²) in [5.41, 5.74) is 6.81. The van der Waals surface area contributed by atoms with Gasteiger partial charge in [0.05, 0.1) is 29.1 Å². The molecule has 0 fully saturated rings. The van der Waals surface area contributed by atoms with Crippen LogP contribution in [-0.4, -0.2) is 92.2 Å². The molecule has 0 saturated carbocycles. The van der Waals surface area contributed by atoms with Gasteiger partial charge in [-0.2, -0.15) is 27.1 Å². The number of methoxy groups -OCH3 is 1. The summed E-state index contributed by atoms with van der Waals surface area (Å²) in [4.78, 5) is -1.35. The third-order valence-corrected chi connectivity index (χ3v) is 5.67. The number of rotatable bonds is 5. The molecule has 3 aromatic carbocycles. The number of hydrogen-bond acceptors (Lipinski definition) is 8. The number of nitrogens with two attached hydrogens (primary N) is 1. The molecule has 0 heterocycles. The van der Waals surface area contributed by atoms with Crippen LogP contribution in [0.25, 0.3) is 10.8 Å². The van der Waals surface area contributed by atoms with Crippen molar-refractivity contribution in [3.05, 3.63) is 48.5 Å². The average Bonchev–Trinajstić information content (AvgIpc) is 2.64. The molecule has 0 aliphatic rings. The van der Waals surface area contributed by atoms with E-state index in [1.54, 1.807) is 18.2 Å². The molecule has 0 aromatic heterocycles. The quantitative estimate of drug-likeness (QED) is 0.215. The number of fused-ring (bicyclic) bond motifs is 1. The van der Waals surface area contributed by atoms with E-state index in [1.807, 2.05) is 0 Å². The van der Waals surface area contributed by atoms with Crippen LogP contribution in [0.4, 0.5) is 17.1 Å². The molecule has 0 atom stereocenters. The van der Waals surface area contributed by atoms with Gasteiger partial charge in [-0.15, -0.1) is 0 Å². The Balaban J connectivity index is 0.00000240. The standard InChI is InChI=1S/C17H15N3O7S2.2Na/c1-27-16-8-12(4-5-15(16)18)20-19-11-3-2-10-6-13(28(21,22)23)9-17(14(10)7-11)29(24,25)26;;/h2-9H,18H2,1H3,(H,21,22,23)(H,24,25,26);;. The summed E-state index contributed by atoms with van der Waals surface area (Å²) in [6, 6.07) is 10.6. The smallest absolute Gasteiger partial charge is 0.295 e. The number of ether oxygens (including phenoxy) is 1. The van der Waals surface area contributed by atoms with Gasteiger partial charge < -0.3 is 10.5 Å². The van der Waals surface area contributed by atoms with Crippen molar-refractivity contribution in [2.75, 3.05) is 12.8 Å². The first-order chi connectivity index (χ1) is 13.5. The molecule has 0 spiro atoms. The fourth-order valence-electron chi connectivity index (χ4n) is 2.59. The van der Waals surface area contributed by atoms with Gasteiger partial charge in [-0.1, -0.05) is 6.07 Å². The summed E-state index contributed by atoms with van der Waals surface area (Å²) >= 11 is 0. The van der Waals surface area contributed by atoms with E-state index in [2.05, 4.69) is 10.2 Å². The summed E-state index contributed by atoms with van der Waals surface area (Å²) < 4.78 is 70.0. The Morgan fingerprint density at radius 3 is 1.97 bits per heavy atom. The number of nitrogen functional groups attached to an aromatic ring is 1. The zero-order valence-electron chi connectivity index (χ0n) is 16.8. The van der Waals surface area contributed by atoms with E-state index in [1.165, 1.54) is 25.3 Å². The number of anilines is 1. The molecule has 4 N–H and O–H groups in total. The minimum absolute atomic E-state index is 0. The van der Waals surface area contributed by atoms with Crippen molar-refractivity contribution in [3.8, 4) is 5.75 Å². The van der Waals surface area contributed by atoms with Crippen LogP contribution in [0.3, 0.4) is 0 Å². The molecule has 0 unspecified atom stereocenters. The van der Waals surface area contributed by atoms with Crippen LogP contribution in [0, 0.1) is 0 Å². The van der Waals surface area contributed by atoms with Crippen LogP contribution in [0.15, 0.2) is 68.6 Å². The number of azo groups is 1. The third kappa shape index (κ3) is 6.71. The Bertz CT molecular complexity index is 1360. The number of hydrogen-bond donors (Lipinski definition) is 3. The van der Waals surface area contributed by atoms with Crippen LogP contribution in [0.5, 0.6) is 5.75 Å². The van der Waals surface area contributed by atoms with E-state index >= 15 is 0 Å². The summed E-state index contributed by atoms with van der Waals surface area (Å²) in [6.45, 7) is 0. The minimum Gasteiger partial charge on any atom is -0.495 e. The molecule has 0 bridgehead atoms. The van der Waals surface area contributed by atoms with Crippen LogP contribution in [0.1, 0.15) is 0 Å². The maximum Gasteiger partial charge on any atom is 0.295 e. The van der Waals surface area contributed by atoms with E-state index < -0.39 is 30.0 Å². The Morgan fingerprint density at radius 2 is 1.42 bits per heavy atom. The Hall–Kier alpha value is -1.06. The first-order valence-electron chi connectivity index (χ1n) is 7.87. The Morgan fingerprint density at radius 1 is 0.839 bits per heavy atom. The summed E-state index contributed by atoms with van der Waals surface area (Å²) in [6.07, 6.45) is 0. The predicted octanol–water partition coefficient (Wildman–Crippen LogP) is 2.58. The summed E-state index contributed by atoms with van der Waals surface area (Å²) in [5.74, 6) is 0.409. The van der Waals surface area contributed by atoms with Crippen molar-refractivity contribution >= 4 is 107 Å². The Kier molecular flexibility index (Phi) is 9.66. The van der Waals surface area contributed by atoms with Crippen molar-refractivity contribution in [1.82, 2.24) is 0 Å². The summed E-state index contributed by atoms with van der Waals surface area (Å²) in [5, 5.41) is 8.19. The zero-order chi connectivity index (χ0) is 21.4. The molecule has 0 saturated heterocycles. The number of nitrogens with zero attached hydrogens (tertiary/aromatic N) is 2. The van der Waals surface area contributed by atoms with Gasteiger partial charge in [0, 0.05) is 70.6 Å². The summed E-state index contributed by atoms with van der Waals surface area (Å²) in [7, 11) is -8.02. The van der Waals surface area contributed by atoms with Gasteiger partial charge in [-0.25, -0.2) is 0 Å². The van der Waals surface area contributed by atoms with Crippen LogP contribution in [-0.2, 0) is 20.2 Å². The molecule has 3 rings (SSSR count). The van der Waals surface area contributed by atoms with E-state index in [4.69, 9.17) is 10.5 Å². The zero-order valence-corrected chi connectivity index (χ0v) is 22.5. The van der Waals surface area contributed by atoms with E-state index in [0.717, 1.165) is 6.07 Å². The minimum atomic E-state index is -4.79. The Labute approximate surface area is 223 Å². The van der Waals surface area contributed by atoms with Crippen molar-refractivity contribution in [1.29, 1.82) is 0 Å². The van der Waals surface area contributed by atoms with Gasteiger partial charge in [0.2, 0.25) is 0 Å². The first kappa shape index (κ1) is 28.0. The largest absolute Gasteiger partial charge is 0.495 e. The van der Waals surface area contributed by atoms with Gasteiger partial charge in [0.25, 0.3) is 20.2 Å². The molecule has 31 heavy (non-hydrogen) atoms. The molecular formula is C17H15N3Na2O7S2. The second kappa shape index (κ2) is 10.7. The molecule has 0 amide bonds. The molecule has 10 nitrogen and oxygen atoms in total. The van der Waals surface area contributed by atoms with Gasteiger partial charge in [-0.3, -0.25) is 9.11 Å². The molecule has 0 aliphatic heterocycles. The normalized spacial score (nSPS) is 11.7.